The second-order valence-electron chi connectivity index (χ2n) is 4.43. The van der Waals surface area contributed by atoms with Crippen molar-refractivity contribution in [1.29, 1.82) is 0 Å². The highest BCUT2D eigenvalue weighted by Crippen LogP contribution is 2.11. The molecule has 5 nitrogen and oxygen atoms in total. The Labute approximate surface area is 107 Å². The Balaban J connectivity index is 1.97. The number of hydrogen-bond acceptors (Lipinski definition) is 4. The molecule has 0 aromatic carbocycles. The molecule has 1 aromatic heterocycles. The third-order valence-electron chi connectivity index (χ3n) is 3.19. The van der Waals surface area contributed by atoms with Crippen LogP contribution in [0.25, 0.3) is 0 Å². The predicted octanol–water partition coefficient (Wildman–Crippen LogP) is 0.0578. The summed E-state index contributed by atoms with van der Waals surface area (Å²) in [5.74, 6) is -0.0110. The summed E-state index contributed by atoms with van der Waals surface area (Å²) in [6.07, 6.45) is 4.15. The van der Waals surface area contributed by atoms with Gasteiger partial charge in [0, 0.05) is 32.0 Å². The van der Waals surface area contributed by atoms with Crippen LogP contribution >= 0.6 is 0 Å². The van der Waals surface area contributed by atoms with Gasteiger partial charge in [0.05, 0.1) is 19.1 Å². The Morgan fingerprint density at radius 3 is 2.67 bits per heavy atom. The van der Waals surface area contributed by atoms with E-state index >= 15 is 0 Å². The fourth-order valence-electron chi connectivity index (χ4n) is 2.12. The second kappa shape index (κ2) is 6.47. The molecule has 5 heteroatoms. The number of rotatable bonds is 4. The Bertz CT molecular complexity index is 377. The molecule has 2 rings (SSSR count). The third-order valence-corrected chi connectivity index (χ3v) is 3.19. The van der Waals surface area contributed by atoms with E-state index < -0.39 is 0 Å². The minimum absolute atomic E-state index is 0.137. The highest BCUT2D eigenvalue weighted by molar-refractivity contribution is 5.79. The zero-order valence-corrected chi connectivity index (χ0v) is 10.4. The summed E-state index contributed by atoms with van der Waals surface area (Å²) in [6, 6.07) is 3.85. The summed E-state index contributed by atoms with van der Waals surface area (Å²) < 4.78 is 5.25. The smallest absolute Gasteiger partial charge is 0.227 e. The largest absolute Gasteiger partial charge is 0.378 e. The van der Waals surface area contributed by atoms with E-state index in [1.807, 2.05) is 17.0 Å². The Kier molecular flexibility index (Phi) is 4.66. The number of ether oxygens (including phenoxy) is 1. The molecule has 1 fully saturated rings. The first-order valence-electron chi connectivity index (χ1n) is 6.26. The Morgan fingerprint density at radius 2 is 2.06 bits per heavy atom. The fraction of sp³-hybridized carbons (Fsp3) is 0.538. The van der Waals surface area contributed by atoms with E-state index in [4.69, 9.17) is 10.5 Å². The quantitative estimate of drug-likeness (QED) is 0.819. The average molecular weight is 249 g/mol. The maximum Gasteiger partial charge on any atom is 0.227 e. The molecule has 0 spiro atoms. The lowest BCUT2D eigenvalue weighted by Gasteiger charge is -2.30. The number of aromatic nitrogens is 1. The van der Waals surface area contributed by atoms with Gasteiger partial charge in [-0.25, -0.2) is 0 Å². The van der Waals surface area contributed by atoms with Crippen molar-refractivity contribution in [2.24, 2.45) is 11.7 Å². The minimum Gasteiger partial charge on any atom is -0.378 e. The van der Waals surface area contributed by atoms with Crippen LogP contribution in [0.4, 0.5) is 0 Å². The van der Waals surface area contributed by atoms with Crippen LogP contribution in [-0.4, -0.2) is 48.6 Å². The van der Waals surface area contributed by atoms with Gasteiger partial charge in [-0.2, -0.15) is 0 Å². The van der Waals surface area contributed by atoms with E-state index in [2.05, 4.69) is 4.98 Å². The van der Waals surface area contributed by atoms with Crippen molar-refractivity contribution in [3.8, 4) is 0 Å². The van der Waals surface area contributed by atoms with Gasteiger partial charge in [0.1, 0.15) is 0 Å². The van der Waals surface area contributed by atoms with Gasteiger partial charge in [-0.3, -0.25) is 9.78 Å². The lowest BCUT2D eigenvalue weighted by molar-refractivity contribution is -0.139. The van der Waals surface area contributed by atoms with Crippen LogP contribution in [-0.2, 0) is 16.0 Å². The SMILES string of the molecule is NCC(Cc1ccncc1)C(=O)N1CCOCC1. The summed E-state index contributed by atoms with van der Waals surface area (Å²) in [5.41, 5.74) is 6.83. The van der Waals surface area contributed by atoms with E-state index in [0.717, 1.165) is 5.56 Å². The molecule has 1 aromatic rings. The number of hydrogen-bond donors (Lipinski definition) is 1. The summed E-state index contributed by atoms with van der Waals surface area (Å²) in [4.78, 5) is 18.1. The van der Waals surface area contributed by atoms with Gasteiger partial charge < -0.3 is 15.4 Å². The van der Waals surface area contributed by atoms with Gasteiger partial charge in [0.25, 0.3) is 0 Å². The van der Waals surface area contributed by atoms with Crippen LogP contribution < -0.4 is 5.73 Å². The number of pyridine rings is 1. The van der Waals surface area contributed by atoms with Crippen molar-refractivity contribution in [3.63, 3.8) is 0 Å². The number of amides is 1. The normalized spacial score (nSPS) is 17.5. The molecule has 1 atom stereocenters. The molecule has 1 aliphatic rings. The zero-order valence-electron chi connectivity index (χ0n) is 10.4. The highest BCUT2D eigenvalue weighted by Gasteiger charge is 2.24. The lowest BCUT2D eigenvalue weighted by Crippen LogP contribution is -2.45. The molecule has 98 valence electrons. The number of morpholine rings is 1. The van der Waals surface area contributed by atoms with Crippen molar-refractivity contribution in [2.45, 2.75) is 6.42 Å². The van der Waals surface area contributed by atoms with Gasteiger partial charge in [-0.1, -0.05) is 0 Å². The van der Waals surface area contributed by atoms with Crippen LogP contribution in [0, 0.1) is 5.92 Å². The molecule has 1 aliphatic heterocycles. The van der Waals surface area contributed by atoms with E-state index in [-0.39, 0.29) is 11.8 Å². The van der Waals surface area contributed by atoms with Crippen LogP contribution in [0.2, 0.25) is 0 Å². The van der Waals surface area contributed by atoms with Gasteiger partial charge in [-0.05, 0) is 24.1 Å². The summed E-state index contributed by atoms with van der Waals surface area (Å²) in [5, 5.41) is 0. The molecule has 2 N–H and O–H groups in total. The monoisotopic (exact) mass is 249 g/mol. The van der Waals surface area contributed by atoms with Crippen LogP contribution in [0.1, 0.15) is 5.56 Å². The summed E-state index contributed by atoms with van der Waals surface area (Å²) >= 11 is 0. The van der Waals surface area contributed by atoms with Crippen molar-refractivity contribution >= 4 is 5.91 Å². The van der Waals surface area contributed by atoms with Crippen molar-refractivity contribution in [3.05, 3.63) is 30.1 Å². The summed E-state index contributed by atoms with van der Waals surface area (Å²) in [6.45, 7) is 2.96. The highest BCUT2D eigenvalue weighted by atomic mass is 16.5. The van der Waals surface area contributed by atoms with E-state index in [1.54, 1.807) is 12.4 Å². The number of carbonyl (C=O) groups is 1. The maximum atomic E-state index is 12.3. The molecule has 2 heterocycles. The van der Waals surface area contributed by atoms with Crippen molar-refractivity contribution in [2.75, 3.05) is 32.8 Å². The predicted molar refractivity (Wildman–Crippen MR) is 67.9 cm³/mol. The minimum atomic E-state index is -0.148. The topological polar surface area (TPSA) is 68.5 Å². The molecule has 0 aliphatic carbocycles. The number of nitrogens with zero attached hydrogens (tertiary/aromatic N) is 2. The van der Waals surface area contributed by atoms with Crippen molar-refractivity contribution in [1.82, 2.24) is 9.88 Å². The van der Waals surface area contributed by atoms with E-state index in [9.17, 15) is 4.79 Å². The molecule has 0 bridgehead atoms. The Morgan fingerprint density at radius 1 is 1.39 bits per heavy atom. The van der Waals surface area contributed by atoms with Gasteiger partial charge in [-0.15, -0.1) is 0 Å². The maximum absolute atomic E-state index is 12.3. The lowest BCUT2D eigenvalue weighted by atomic mass is 9.98. The molecule has 18 heavy (non-hydrogen) atoms. The molecular weight excluding hydrogens is 230 g/mol. The Hall–Kier alpha value is -1.46. The van der Waals surface area contributed by atoms with Crippen LogP contribution in [0.3, 0.4) is 0 Å². The van der Waals surface area contributed by atoms with Crippen molar-refractivity contribution < 1.29 is 9.53 Å². The first-order chi connectivity index (χ1) is 8.81. The number of carbonyl (C=O) groups excluding carboxylic acids is 1. The molecule has 1 unspecified atom stereocenters. The second-order valence-corrected chi connectivity index (χ2v) is 4.43. The molecule has 0 radical (unpaired) electrons. The first-order valence-corrected chi connectivity index (χ1v) is 6.26. The number of nitrogens with two attached hydrogens (primary N) is 1. The molecular formula is C13H19N3O2. The van der Waals surface area contributed by atoms with Gasteiger partial charge in [0.2, 0.25) is 5.91 Å². The van der Waals surface area contributed by atoms with E-state index in [1.165, 1.54) is 0 Å². The van der Waals surface area contributed by atoms with Gasteiger partial charge in [0.15, 0.2) is 0 Å². The van der Waals surface area contributed by atoms with Crippen LogP contribution in [0.5, 0.6) is 0 Å². The fourth-order valence-corrected chi connectivity index (χ4v) is 2.12. The first kappa shape index (κ1) is 13.0. The molecule has 1 amide bonds. The average Bonchev–Trinajstić information content (AvgIpc) is 2.46. The molecule has 0 saturated carbocycles. The molecule has 1 saturated heterocycles. The van der Waals surface area contributed by atoms with Crippen LogP contribution in [0.15, 0.2) is 24.5 Å². The zero-order chi connectivity index (χ0) is 12.8. The van der Waals surface area contributed by atoms with E-state index in [0.29, 0.717) is 39.3 Å². The standard InChI is InChI=1S/C13H19N3O2/c14-10-12(9-11-1-3-15-4-2-11)13(17)16-5-7-18-8-6-16/h1-4,12H,5-10,14H2. The van der Waals surface area contributed by atoms with Gasteiger partial charge >= 0.3 is 0 Å². The summed E-state index contributed by atoms with van der Waals surface area (Å²) in [7, 11) is 0. The third kappa shape index (κ3) is 3.27.